The van der Waals surface area contributed by atoms with Crippen molar-refractivity contribution in [2.45, 2.75) is 18.9 Å². The van der Waals surface area contributed by atoms with Gasteiger partial charge in [-0.3, -0.25) is 4.98 Å². The quantitative estimate of drug-likeness (QED) is 0.728. The van der Waals surface area contributed by atoms with Crippen molar-refractivity contribution in [2.24, 2.45) is 0 Å². The van der Waals surface area contributed by atoms with Crippen LogP contribution < -0.4 is 14.8 Å². The third-order valence-corrected chi connectivity index (χ3v) is 5.34. The molecule has 0 atom stereocenters. The van der Waals surface area contributed by atoms with Gasteiger partial charge in [0.2, 0.25) is 0 Å². The number of ether oxygens (including phenoxy) is 2. The molecule has 0 spiro atoms. The number of piperidine rings is 1. The highest BCUT2D eigenvalue weighted by atomic mass is 16.5. The Balaban J connectivity index is 1.48. The standard InChI is InChI=1S/C23H25N3O3/c1-24-23(27)26-14-11-19(12-15-26)29-18-8-5-16(6-9-18)20-10-7-17-4-3-13-25-21(17)22(20)28-2/h3-10,13,19H,11-12,14-15H2,1-2H3,(H,24,27). The molecule has 0 saturated carbocycles. The lowest BCUT2D eigenvalue weighted by Gasteiger charge is -2.31. The summed E-state index contributed by atoms with van der Waals surface area (Å²) in [5.74, 6) is 1.61. The van der Waals surface area contributed by atoms with Crippen molar-refractivity contribution < 1.29 is 14.3 Å². The number of rotatable bonds is 4. The fourth-order valence-electron chi connectivity index (χ4n) is 3.79. The first-order chi connectivity index (χ1) is 14.2. The number of carbonyl (C=O) groups excluding carboxylic acids is 1. The first-order valence-corrected chi connectivity index (χ1v) is 9.85. The van der Waals surface area contributed by atoms with Crippen LogP contribution in [0.2, 0.25) is 0 Å². The third kappa shape index (κ3) is 3.97. The van der Waals surface area contributed by atoms with E-state index in [4.69, 9.17) is 9.47 Å². The summed E-state index contributed by atoms with van der Waals surface area (Å²) in [4.78, 5) is 18.0. The van der Waals surface area contributed by atoms with Gasteiger partial charge in [-0.05, 0) is 29.8 Å². The van der Waals surface area contributed by atoms with Crippen molar-refractivity contribution in [3.8, 4) is 22.6 Å². The lowest BCUT2D eigenvalue weighted by atomic mass is 10.0. The summed E-state index contributed by atoms with van der Waals surface area (Å²) < 4.78 is 11.8. The Morgan fingerprint density at radius 2 is 1.86 bits per heavy atom. The Bertz CT molecular complexity index is 996. The Labute approximate surface area is 170 Å². The van der Waals surface area contributed by atoms with E-state index in [0.29, 0.717) is 13.1 Å². The predicted octanol–water partition coefficient (Wildman–Crippen LogP) is 4.09. The van der Waals surface area contributed by atoms with Gasteiger partial charge in [0.25, 0.3) is 0 Å². The molecule has 0 aliphatic carbocycles. The highest BCUT2D eigenvalue weighted by molar-refractivity contribution is 5.92. The number of benzene rings is 2. The van der Waals surface area contributed by atoms with Crippen LogP contribution in [0.5, 0.6) is 11.5 Å². The zero-order valence-corrected chi connectivity index (χ0v) is 16.7. The molecule has 0 bridgehead atoms. The van der Waals surface area contributed by atoms with Crippen LogP contribution in [0.3, 0.4) is 0 Å². The van der Waals surface area contributed by atoms with E-state index < -0.39 is 0 Å². The predicted molar refractivity (Wildman–Crippen MR) is 113 cm³/mol. The number of nitrogens with one attached hydrogen (secondary N) is 1. The SMILES string of the molecule is CNC(=O)N1CCC(Oc2ccc(-c3ccc4cccnc4c3OC)cc2)CC1. The van der Waals surface area contributed by atoms with E-state index in [-0.39, 0.29) is 12.1 Å². The lowest BCUT2D eigenvalue weighted by molar-refractivity contribution is 0.112. The molecule has 150 valence electrons. The van der Waals surface area contributed by atoms with Crippen molar-refractivity contribution in [3.05, 3.63) is 54.7 Å². The van der Waals surface area contributed by atoms with Crippen molar-refractivity contribution >= 4 is 16.9 Å². The van der Waals surface area contributed by atoms with Gasteiger partial charge >= 0.3 is 6.03 Å². The van der Waals surface area contributed by atoms with Crippen LogP contribution in [0.15, 0.2) is 54.7 Å². The second kappa shape index (κ2) is 8.39. The van der Waals surface area contributed by atoms with E-state index in [1.807, 2.05) is 41.3 Å². The van der Waals surface area contributed by atoms with Gasteiger partial charge in [0.1, 0.15) is 17.4 Å². The van der Waals surface area contributed by atoms with E-state index in [2.05, 4.69) is 22.4 Å². The summed E-state index contributed by atoms with van der Waals surface area (Å²) in [7, 11) is 3.34. The molecular formula is C23H25N3O3. The summed E-state index contributed by atoms with van der Waals surface area (Å²) in [6.45, 7) is 1.42. The maximum Gasteiger partial charge on any atom is 0.317 e. The molecule has 2 aromatic carbocycles. The van der Waals surface area contributed by atoms with E-state index in [1.54, 1.807) is 20.4 Å². The molecule has 3 aromatic rings. The number of aromatic nitrogens is 1. The molecule has 2 heterocycles. The van der Waals surface area contributed by atoms with Gasteiger partial charge in [0.05, 0.1) is 7.11 Å². The zero-order chi connectivity index (χ0) is 20.2. The maximum atomic E-state index is 11.7. The number of pyridine rings is 1. The Morgan fingerprint density at radius 3 is 2.55 bits per heavy atom. The number of hydrogen-bond donors (Lipinski definition) is 1. The van der Waals surface area contributed by atoms with E-state index in [0.717, 1.165) is 46.4 Å². The van der Waals surface area contributed by atoms with Crippen molar-refractivity contribution in [1.29, 1.82) is 0 Å². The molecule has 0 radical (unpaired) electrons. The normalized spacial score (nSPS) is 14.6. The number of urea groups is 1. The first kappa shape index (κ1) is 19.1. The maximum absolute atomic E-state index is 11.7. The average Bonchev–Trinajstić information content (AvgIpc) is 2.79. The first-order valence-electron chi connectivity index (χ1n) is 9.85. The Morgan fingerprint density at radius 1 is 1.10 bits per heavy atom. The summed E-state index contributed by atoms with van der Waals surface area (Å²) in [6.07, 6.45) is 3.57. The molecule has 1 aromatic heterocycles. The van der Waals surface area contributed by atoms with Gasteiger partial charge in [-0.2, -0.15) is 0 Å². The fraction of sp³-hybridized carbons (Fsp3) is 0.304. The molecule has 1 N–H and O–H groups in total. The van der Waals surface area contributed by atoms with Crippen LogP contribution in [0, 0.1) is 0 Å². The molecule has 2 amide bonds. The Hall–Kier alpha value is -3.28. The molecule has 0 unspecified atom stereocenters. The fourth-order valence-corrected chi connectivity index (χ4v) is 3.79. The molecule has 1 aliphatic heterocycles. The lowest BCUT2D eigenvalue weighted by Crippen LogP contribution is -2.45. The topological polar surface area (TPSA) is 63.7 Å². The highest BCUT2D eigenvalue weighted by Crippen LogP contribution is 2.36. The molecule has 6 heteroatoms. The van der Waals surface area contributed by atoms with Crippen molar-refractivity contribution in [1.82, 2.24) is 15.2 Å². The van der Waals surface area contributed by atoms with Crippen molar-refractivity contribution in [2.75, 3.05) is 27.2 Å². The third-order valence-electron chi connectivity index (χ3n) is 5.34. The number of methoxy groups -OCH3 is 1. The van der Waals surface area contributed by atoms with Crippen LogP contribution in [0.4, 0.5) is 4.79 Å². The highest BCUT2D eigenvalue weighted by Gasteiger charge is 2.23. The number of amides is 2. The monoisotopic (exact) mass is 391 g/mol. The summed E-state index contributed by atoms with van der Waals surface area (Å²) in [5, 5.41) is 3.72. The molecule has 29 heavy (non-hydrogen) atoms. The van der Waals surface area contributed by atoms with E-state index in [9.17, 15) is 4.79 Å². The van der Waals surface area contributed by atoms with Gasteiger partial charge in [0, 0.05) is 50.1 Å². The smallest absolute Gasteiger partial charge is 0.317 e. The Kier molecular flexibility index (Phi) is 5.51. The number of hydrogen-bond acceptors (Lipinski definition) is 4. The molecular weight excluding hydrogens is 366 g/mol. The van der Waals surface area contributed by atoms with Crippen LogP contribution in [0.25, 0.3) is 22.0 Å². The number of fused-ring (bicyclic) bond motifs is 1. The summed E-state index contributed by atoms with van der Waals surface area (Å²) >= 11 is 0. The van der Waals surface area contributed by atoms with Gasteiger partial charge < -0.3 is 19.7 Å². The van der Waals surface area contributed by atoms with E-state index >= 15 is 0 Å². The number of nitrogens with zero attached hydrogens (tertiary/aromatic N) is 2. The van der Waals surface area contributed by atoms with Gasteiger partial charge in [-0.25, -0.2) is 4.79 Å². The zero-order valence-electron chi connectivity index (χ0n) is 16.7. The van der Waals surface area contributed by atoms with Crippen molar-refractivity contribution in [3.63, 3.8) is 0 Å². The van der Waals surface area contributed by atoms with Crippen LogP contribution in [0.1, 0.15) is 12.8 Å². The molecule has 6 nitrogen and oxygen atoms in total. The minimum absolute atomic E-state index is 0.0216. The summed E-state index contributed by atoms with van der Waals surface area (Å²) in [6, 6.07) is 16.1. The average molecular weight is 391 g/mol. The van der Waals surface area contributed by atoms with Crippen LogP contribution in [-0.4, -0.2) is 49.3 Å². The minimum atomic E-state index is -0.0216. The van der Waals surface area contributed by atoms with Gasteiger partial charge in [0.15, 0.2) is 5.75 Å². The van der Waals surface area contributed by atoms with Crippen LogP contribution >= 0.6 is 0 Å². The van der Waals surface area contributed by atoms with Crippen LogP contribution in [-0.2, 0) is 0 Å². The molecule has 1 saturated heterocycles. The number of carbonyl (C=O) groups is 1. The van der Waals surface area contributed by atoms with Gasteiger partial charge in [-0.15, -0.1) is 0 Å². The second-order valence-electron chi connectivity index (χ2n) is 7.11. The molecule has 1 fully saturated rings. The molecule has 4 rings (SSSR count). The minimum Gasteiger partial charge on any atom is -0.494 e. The molecule has 1 aliphatic rings. The number of likely N-dealkylation sites (tertiary alicyclic amines) is 1. The summed E-state index contributed by atoms with van der Waals surface area (Å²) in [5.41, 5.74) is 2.91. The largest absolute Gasteiger partial charge is 0.494 e. The second-order valence-corrected chi connectivity index (χ2v) is 7.11. The van der Waals surface area contributed by atoms with Gasteiger partial charge in [-0.1, -0.05) is 24.3 Å². The van der Waals surface area contributed by atoms with E-state index in [1.165, 1.54) is 0 Å².